The Kier molecular flexibility index (Phi) is 11.4. The van der Waals surface area contributed by atoms with E-state index in [-0.39, 0.29) is 72.6 Å². The van der Waals surface area contributed by atoms with Crippen LogP contribution in [0.15, 0.2) is 84.7 Å². The Bertz CT molecular complexity index is 2730. The van der Waals surface area contributed by atoms with E-state index in [4.69, 9.17) is 9.47 Å². The highest BCUT2D eigenvalue weighted by Gasteiger charge is 2.85. The molecule has 20 atom stereocenters. The van der Waals surface area contributed by atoms with E-state index in [0.717, 1.165) is 60.8 Å². The number of aryl methyl sites for hydroxylation is 1. The molecule has 2 aromatic rings. The molecular weight excluding hydrogens is 923 g/mol. The van der Waals surface area contributed by atoms with Gasteiger partial charge in [0.25, 0.3) is 0 Å². The smallest absolute Gasteiger partial charge is 0.331 e. The number of hydrogen-bond acceptors (Lipinski definition) is 9. The van der Waals surface area contributed by atoms with Crippen LogP contribution in [0.2, 0.25) is 0 Å². The van der Waals surface area contributed by atoms with Crippen LogP contribution in [0.5, 0.6) is 0 Å². The lowest BCUT2D eigenvalue weighted by Gasteiger charge is -2.74. The second kappa shape index (κ2) is 17.5. The zero-order valence-corrected chi connectivity index (χ0v) is 43.5. The van der Waals surface area contributed by atoms with Crippen LogP contribution in [0.4, 0.5) is 0 Å². The van der Waals surface area contributed by atoms with Gasteiger partial charge in [-0.25, -0.2) is 4.79 Å². The van der Waals surface area contributed by atoms with Crippen molar-refractivity contribution in [3.63, 3.8) is 0 Å². The minimum absolute atomic E-state index is 0.0767. The highest BCUT2D eigenvalue weighted by molar-refractivity contribution is 5.86. The number of aliphatic hydroxyl groups is 4. The van der Waals surface area contributed by atoms with Gasteiger partial charge in [0, 0.05) is 52.7 Å². The van der Waals surface area contributed by atoms with Crippen LogP contribution in [0.25, 0.3) is 0 Å². The minimum atomic E-state index is -1.72. The maximum atomic E-state index is 15.4. The first-order chi connectivity index (χ1) is 35.9. The number of esters is 1. The first-order valence-corrected chi connectivity index (χ1v) is 29.4. The monoisotopic (exact) mass is 1000 g/mol. The van der Waals surface area contributed by atoms with Crippen molar-refractivity contribution in [2.24, 2.45) is 87.3 Å². The van der Waals surface area contributed by atoms with Gasteiger partial charge in [0.05, 0.1) is 29.5 Å². The maximum absolute atomic E-state index is 15.4. The third kappa shape index (κ3) is 6.47. The van der Waals surface area contributed by atoms with Gasteiger partial charge in [0.1, 0.15) is 24.1 Å². The van der Waals surface area contributed by atoms with Gasteiger partial charge in [-0.15, -0.1) is 0 Å². The topological polar surface area (TPSA) is 146 Å². The van der Waals surface area contributed by atoms with E-state index in [0.29, 0.717) is 75.5 Å². The average Bonchev–Trinajstić information content (AvgIpc) is 4.21. The molecule has 392 valence electrons. The van der Waals surface area contributed by atoms with Crippen molar-refractivity contribution in [2.45, 2.75) is 170 Å². The molecule has 20 unspecified atom stereocenters. The van der Waals surface area contributed by atoms with Crippen LogP contribution in [0.1, 0.15) is 138 Å². The number of carbonyl (C=O) groups excluding carboxylic acids is 2. The zero-order chi connectivity index (χ0) is 50.4. The Morgan fingerprint density at radius 3 is 2.55 bits per heavy atom. The lowest BCUT2D eigenvalue weighted by molar-refractivity contribution is -0.357. The third-order valence-electron chi connectivity index (χ3n) is 24.5. The Morgan fingerprint density at radius 2 is 1.74 bits per heavy atom. The summed E-state index contributed by atoms with van der Waals surface area (Å²) in [5, 5.41) is 58.7. The molecule has 2 aliphatic heterocycles. The minimum Gasteiger partial charge on any atom is -0.497 e. The summed E-state index contributed by atoms with van der Waals surface area (Å²) in [5.74, 6) is 7.03. The van der Waals surface area contributed by atoms with Gasteiger partial charge in [-0.05, 0) is 191 Å². The number of hydrogen-bond donors (Lipinski definition) is 5. The summed E-state index contributed by atoms with van der Waals surface area (Å²) in [6, 6.07) is 16.6. The SMILES string of the molecule is CNC1Cc2c(cccc2CO)C#CCCC23CCC4C(O)(CC5CC6C(C=CCC6C6CCCC6)CC6C7OC=CC8CC(CCc9ccccc9)CC87CC4(C=O)C56O)C2(O)CC2CC1C1OC(=O)C=C1C23. The number of benzene rings is 2. The molecule has 5 N–H and O–H groups in total. The highest BCUT2D eigenvalue weighted by atomic mass is 16.5. The van der Waals surface area contributed by atoms with Crippen molar-refractivity contribution >= 4 is 12.3 Å². The Hall–Kier alpha value is -4.04. The van der Waals surface area contributed by atoms with Gasteiger partial charge >= 0.3 is 5.97 Å². The lowest BCUT2D eigenvalue weighted by atomic mass is 9.33. The molecule has 4 bridgehead atoms. The fourth-order valence-electron chi connectivity index (χ4n) is 22.0. The molecule has 0 amide bonds. The highest BCUT2D eigenvalue weighted by Crippen LogP contribution is 2.80. The van der Waals surface area contributed by atoms with Crippen molar-refractivity contribution in [3.05, 3.63) is 107 Å². The van der Waals surface area contributed by atoms with Gasteiger partial charge in [0.15, 0.2) is 0 Å². The number of likely N-dealkylation sites (N-methyl/N-ethyl adjacent to an activating group) is 1. The quantitative estimate of drug-likeness (QED) is 0.0794. The summed E-state index contributed by atoms with van der Waals surface area (Å²) < 4.78 is 13.5. The largest absolute Gasteiger partial charge is 0.497 e. The Balaban J connectivity index is 0.930. The molecule has 8 fully saturated rings. The number of aliphatic hydroxyl groups excluding tert-OH is 1. The summed E-state index contributed by atoms with van der Waals surface area (Å²) >= 11 is 0. The Morgan fingerprint density at radius 1 is 0.892 bits per heavy atom. The molecule has 9 heteroatoms. The number of carbonyl (C=O) groups is 2. The molecule has 2 spiro atoms. The van der Waals surface area contributed by atoms with E-state index in [9.17, 15) is 25.2 Å². The van der Waals surface area contributed by atoms with E-state index >= 15 is 4.79 Å². The Labute approximate surface area is 438 Å². The second-order valence-electron chi connectivity index (χ2n) is 26.8. The van der Waals surface area contributed by atoms with Gasteiger partial charge in [0.2, 0.25) is 0 Å². The summed E-state index contributed by atoms with van der Waals surface area (Å²) in [6.45, 7) is -0.102. The molecule has 0 aromatic heterocycles. The third-order valence-corrected chi connectivity index (χ3v) is 24.5. The molecule has 15 rings (SSSR count). The first kappa shape index (κ1) is 48.3. The predicted molar refractivity (Wildman–Crippen MR) is 280 cm³/mol. The first-order valence-electron chi connectivity index (χ1n) is 29.4. The zero-order valence-electron chi connectivity index (χ0n) is 43.5. The van der Waals surface area contributed by atoms with Gasteiger partial charge < -0.3 is 40.0 Å². The lowest BCUT2D eigenvalue weighted by Crippen LogP contribution is -2.82. The van der Waals surface area contributed by atoms with E-state index in [1.54, 1.807) is 6.08 Å². The fraction of sp³-hybridized carbons (Fsp3) is 0.662. The van der Waals surface area contributed by atoms with E-state index < -0.39 is 51.0 Å². The van der Waals surface area contributed by atoms with Crippen molar-refractivity contribution < 1.29 is 39.5 Å². The molecule has 0 saturated heterocycles. The van der Waals surface area contributed by atoms with Crippen LogP contribution in [-0.2, 0) is 38.5 Å². The molecular formula is C65H79NO8. The van der Waals surface area contributed by atoms with Crippen LogP contribution in [0, 0.1) is 99.1 Å². The van der Waals surface area contributed by atoms with E-state index in [2.05, 4.69) is 65.7 Å². The molecule has 11 aliphatic carbocycles. The van der Waals surface area contributed by atoms with Crippen molar-refractivity contribution in [1.29, 1.82) is 0 Å². The number of aldehydes is 1. The normalized spacial score (nSPS) is 48.1. The molecule has 13 aliphatic rings. The summed E-state index contributed by atoms with van der Waals surface area (Å²) in [7, 11) is 1.96. The molecule has 8 saturated carbocycles. The maximum Gasteiger partial charge on any atom is 0.331 e. The molecule has 2 aromatic carbocycles. The molecule has 0 radical (unpaired) electrons. The summed E-state index contributed by atoms with van der Waals surface area (Å²) in [5.41, 5.74) is -2.47. The van der Waals surface area contributed by atoms with Crippen LogP contribution in [-0.4, -0.2) is 74.8 Å². The standard InChI is InChI=1S/C65H79NO8/c1-66-54-31-49-42(16-9-18-44(49)36-67)15-7-8-24-61-25-22-55-62(38-68)37-60-33-40(21-20-39-11-3-2-4-12-39)27-46(60)23-26-73-59(60)53-29-43-17-10-19-48(41-13-5-6-14-41)50(43)30-47(65(53,62)72)35-63(55,70)64(61,71)34-45-28-51(54)58-52(57(45)61)32-56(69)74-58/h2-4,9-12,16-18,23,26,32,38,40-41,43,45-48,50-51,53-55,57-59,66-67,70-72H,5-6,8,13-14,19-22,24-25,27-31,33-37H2,1H3. The summed E-state index contributed by atoms with van der Waals surface area (Å²) in [6.07, 6.45) is 27.0. The van der Waals surface area contributed by atoms with E-state index in [1.165, 1.54) is 37.5 Å². The average molecular weight is 1000 g/mol. The number of rotatable bonds is 7. The second-order valence-corrected chi connectivity index (χ2v) is 26.8. The molecule has 2 heterocycles. The van der Waals surface area contributed by atoms with Crippen LogP contribution >= 0.6 is 0 Å². The van der Waals surface area contributed by atoms with Crippen molar-refractivity contribution in [2.75, 3.05) is 7.05 Å². The predicted octanol–water partition coefficient (Wildman–Crippen LogP) is 9.13. The number of fused-ring (bicyclic) bond motifs is 8. The van der Waals surface area contributed by atoms with Crippen LogP contribution in [0.3, 0.4) is 0 Å². The van der Waals surface area contributed by atoms with Crippen molar-refractivity contribution in [3.8, 4) is 11.8 Å². The van der Waals surface area contributed by atoms with Gasteiger partial charge in [-0.2, -0.15) is 0 Å². The van der Waals surface area contributed by atoms with E-state index in [1.807, 2.05) is 31.5 Å². The molecule has 9 nitrogen and oxygen atoms in total. The van der Waals surface area contributed by atoms with Crippen molar-refractivity contribution in [1.82, 2.24) is 5.32 Å². The number of nitrogens with one attached hydrogen (secondary N) is 1. The molecule has 74 heavy (non-hydrogen) atoms. The number of allylic oxidation sites excluding steroid dienone is 3. The van der Waals surface area contributed by atoms with Gasteiger partial charge in [-0.1, -0.05) is 92.1 Å². The summed E-state index contributed by atoms with van der Waals surface area (Å²) in [4.78, 5) is 29.2. The van der Waals surface area contributed by atoms with Gasteiger partial charge in [-0.3, -0.25) is 0 Å². The number of ether oxygens (including phenoxy) is 2. The van der Waals surface area contributed by atoms with Crippen LogP contribution < -0.4 is 5.32 Å². The fourth-order valence-corrected chi connectivity index (χ4v) is 22.0.